The van der Waals surface area contributed by atoms with E-state index in [4.69, 9.17) is 4.74 Å². The van der Waals surface area contributed by atoms with Crippen molar-refractivity contribution in [2.24, 2.45) is 5.10 Å². The number of rotatable bonds is 7. The molecule has 6 heteroatoms. The van der Waals surface area contributed by atoms with Crippen molar-refractivity contribution in [3.63, 3.8) is 0 Å². The highest BCUT2D eigenvalue weighted by Crippen LogP contribution is 2.19. The van der Waals surface area contributed by atoms with E-state index in [2.05, 4.69) is 32.9 Å². The summed E-state index contributed by atoms with van der Waals surface area (Å²) in [5.74, 6) is 0.535. The van der Waals surface area contributed by atoms with Crippen LogP contribution in [0.2, 0.25) is 0 Å². The third-order valence-corrected chi connectivity index (χ3v) is 4.79. The van der Waals surface area contributed by atoms with E-state index in [1.807, 2.05) is 36.4 Å². The van der Waals surface area contributed by atoms with Gasteiger partial charge in [-0.1, -0.05) is 31.0 Å². The molecule has 1 heterocycles. The number of methoxy groups -OCH3 is 1. The van der Waals surface area contributed by atoms with Crippen LogP contribution in [0.15, 0.2) is 53.6 Å². The fourth-order valence-corrected chi connectivity index (χ4v) is 3.23. The number of hydrogen-bond donors (Lipinski definition) is 2. The quantitative estimate of drug-likeness (QED) is 0.569. The average Bonchev–Trinajstić information content (AvgIpc) is 3.02. The molecule has 0 radical (unpaired) electrons. The lowest BCUT2D eigenvalue weighted by molar-refractivity contribution is -0.119. The molecule has 0 saturated carbocycles. The molecule has 0 aliphatic carbocycles. The van der Waals surface area contributed by atoms with Crippen molar-refractivity contribution in [2.45, 2.75) is 25.7 Å². The van der Waals surface area contributed by atoms with Gasteiger partial charge in [-0.3, -0.25) is 4.79 Å². The van der Waals surface area contributed by atoms with Crippen LogP contribution >= 0.6 is 0 Å². The molecule has 28 heavy (non-hydrogen) atoms. The maximum atomic E-state index is 11.9. The second kappa shape index (κ2) is 10.3. The molecule has 2 N–H and O–H groups in total. The second-order valence-electron chi connectivity index (χ2n) is 6.87. The minimum atomic E-state index is -0.208. The van der Waals surface area contributed by atoms with Crippen LogP contribution in [0.3, 0.4) is 0 Å². The highest BCUT2D eigenvalue weighted by Gasteiger charge is 2.09. The van der Waals surface area contributed by atoms with Crippen molar-refractivity contribution in [2.75, 3.05) is 37.0 Å². The number of ether oxygens (including phenoxy) is 1. The first-order valence-corrected chi connectivity index (χ1v) is 9.79. The molecular formula is C22H28N4O2. The maximum absolute atomic E-state index is 11.9. The summed E-state index contributed by atoms with van der Waals surface area (Å²) < 4.78 is 5.16. The van der Waals surface area contributed by atoms with Crippen LogP contribution in [0.4, 0.5) is 11.4 Å². The van der Waals surface area contributed by atoms with E-state index >= 15 is 0 Å². The number of hydrazone groups is 1. The van der Waals surface area contributed by atoms with Gasteiger partial charge in [-0.15, -0.1) is 0 Å². The summed E-state index contributed by atoms with van der Waals surface area (Å²) in [6, 6.07) is 15.7. The number of anilines is 2. The third kappa shape index (κ3) is 6.01. The Hall–Kier alpha value is -3.02. The van der Waals surface area contributed by atoms with Crippen LogP contribution in [0.25, 0.3) is 0 Å². The molecule has 1 saturated heterocycles. The molecule has 1 aliphatic heterocycles. The average molecular weight is 380 g/mol. The van der Waals surface area contributed by atoms with E-state index in [0.29, 0.717) is 0 Å². The van der Waals surface area contributed by atoms with E-state index in [-0.39, 0.29) is 12.5 Å². The summed E-state index contributed by atoms with van der Waals surface area (Å²) in [6.45, 7) is 2.39. The van der Waals surface area contributed by atoms with Gasteiger partial charge in [0.2, 0.25) is 0 Å². The Morgan fingerprint density at radius 1 is 1.11 bits per heavy atom. The van der Waals surface area contributed by atoms with Crippen molar-refractivity contribution >= 4 is 23.5 Å². The molecule has 0 spiro atoms. The van der Waals surface area contributed by atoms with Gasteiger partial charge in [0.05, 0.1) is 19.9 Å². The number of carbonyl (C=O) groups excluding carboxylic acids is 1. The molecule has 0 atom stereocenters. The van der Waals surface area contributed by atoms with Gasteiger partial charge < -0.3 is 15.0 Å². The van der Waals surface area contributed by atoms with Gasteiger partial charge in [0.1, 0.15) is 5.75 Å². The van der Waals surface area contributed by atoms with Crippen molar-refractivity contribution in [3.05, 3.63) is 54.1 Å². The van der Waals surface area contributed by atoms with Gasteiger partial charge in [0.25, 0.3) is 5.91 Å². The number of carbonyl (C=O) groups is 1. The van der Waals surface area contributed by atoms with Crippen LogP contribution < -0.4 is 20.4 Å². The lowest BCUT2D eigenvalue weighted by atomic mass is 10.2. The predicted octanol–water partition coefficient (Wildman–Crippen LogP) is 3.64. The van der Waals surface area contributed by atoms with Gasteiger partial charge in [-0.05, 0) is 42.7 Å². The predicted molar refractivity (Wildman–Crippen MR) is 114 cm³/mol. The van der Waals surface area contributed by atoms with Crippen molar-refractivity contribution in [1.82, 2.24) is 5.43 Å². The molecule has 1 aliphatic rings. The van der Waals surface area contributed by atoms with Gasteiger partial charge in [-0.2, -0.15) is 5.10 Å². The minimum Gasteiger partial charge on any atom is -0.497 e. The van der Waals surface area contributed by atoms with Gasteiger partial charge in [0.15, 0.2) is 0 Å². The summed E-state index contributed by atoms with van der Waals surface area (Å²) in [6.07, 6.45) is 6.84. The highest BCUT2D eigenvalue weighted by atomic mass is 16.5. The van der Waals surface area contributed by atoms with Crippen LogP contribution in [-0.2, 0) is 4.79 Å². The fraction of sp³-hybridized carbons (Fsp3) is 0.364. The van der Waals surface area contributed by atoms with E-state index in [9.17, 15) is 4.79 Å². The Morgan fingerprint density at radius 2 is 1.86 bits per heavy atom. The lowest BCUT2D eigenvalue weighted by Gasteiger charge is -2.22. The molecule has 2 aromatic carbocycles. The fourth-order valence-electron chi connectivity index (χ4n) is 3.23. The Bertz CT molecular complexity index is 781. The Kier molecular flexibility index (Phi) is 7.29. The highest BCUT2D eigenvalue weighted by molar-refractivity contribution is 5.84. The number of benzene rings is 2. The second-order valence-corrected chi connectivity index (χ2v) is 6.87. The van der Waals surface area contributed by atoms with Crippen LogP contribution in [-0.4, -0.2) is 38.9 Å². The van der Waals surface area contributed by atoms with Crippen LogP contribution in [0.5, 0.6) is 5.75 Å². The SMILES string of the molecule is COc1cccc(NCC(=O)N/N=C\c2ccc(N3CCCCCC3)cc2)c1. The molecular weight excluding hydrogens is 352 g/mol. The molecule has 1 amide bonds. The molecule has 6 nitrogen and oxygen atoms in total. The van der Waals surface area contributed by atoms with Gasteiger partial charge >= 0.3 is 0 Å². The Labute approximate surface area is 166 Å². The summed E-state index contributed by atoms with van der Waals surface area (Å²) >= 11 is 0. The molecule has 0 aromatic heterocycles. The van der Waals surface area contributed by atoms with Crippen LogP contribution in [0.1, 0.15) is 31.2 Å². The van der Waals surface area contributed by atoms with E-state index < -0.39 is 0 Å². The van der Waals surface area contributed by atoms with E-state index in [0.717, 1.165) is 30.1 Å². The molecule has 148 valence electrons. The number of nitrogens with zero attached hydrogens (tertiary/aromatic N) is 2. The first-order chi connectivity index (χ1) is 13.7. The van der Waals surface area contributed by atoms with Crippen molar-refractivity contribution in [3.8, 4) is 5.75 Å². The number of amides is 1. The van der Waals surface area contributed by atoms with Crippen molar-refractivity contribution < 1.29 is 9.53 Å². The Balaban J connectivity index is 1.45. The number of nitrogens with one attached hydrogen (secondary N) is 2. The largest absolute Gasteiger partial charge is 0.497 e. The number of hydrogen-bond acceptors (Lipinski definition) is 5. The van der Waals surface area contributed by atoms with Crippen molar-refractivity contribution in [1.29, 1.82) is 0 Å². The summed E-state index contributed by atoms with van der Waals surface area (Å²) in [5, 5.41) is 7.09. The third-order valence-electron chi connectivity index (χ3n) is 4.79. The smallest absolute Gasteiger partial charge is 0.259 e. The van der Waals surface area contributed by atoms with Gasteiger partial charge in [0, 0.05) is 30.5 Å². The molecule has 2 aromatic rings. The first-order valence-electron chi connectivity index (χ1n) is 9.79. The van der Waals surface area contributed by atoms with E-state index in [1.165, 1.54) is 31.4 Å². The maximum Gasteiger partial charge on any atom is 0.259 e. The van der Waals surface area contributed by atoms with Gasteiger partial charge in [-0.25, -0.2) is 5.43 Å². The topological polar surface area (TPSA) is 66.0 Å². The molecule has 0 bridgehead atoms. The molecule has 1 fully saturated rings. The lowest BCUT2D eigenvalue weighted by Crippen LogP contribution is -2.25. The normalized spacial score (nSPS) is 14.5. The summed E-state index contributed by atoms with van der Waals surface area (Å²) in [5.41, 5.74) is 5.58. The standard InChI is InChI=1S/C22H28N4O2/c1-28-21-8-6-7-19(15-21)23-17-22(27)25-24-16-18-9-11-20(12-10-18)26-13-4-2-3-5-14-26/h6-12,15-16,23H,2-5,13-14,17H2,1H3,(H,25,27)/b24-16-. The zero-order valence-corrected chi connectivity index (χ0v) is 16.4. The summed E-state index contributed by atoms with van der Waals surface area (Å²) in [7, 11) is 1.61. The van der Waals surface area contributed by atoms with Crippen LogP contribution in [0, 0.1) is 0 Å². The first kappa shape index (κ1) is 19.7. The van der Waals surface area contributed by atoms with E-state index in [1.54, 1.807) is 13.3 Å². The zero-order chi connectivity index (χ0) is 19.6. The molecule has 3 rings (SSSR count). The minimum absolute atomic E-state index is 0.137. The Morgan fingerprint density at radius 3 is 2.57 bits per heavy atom. The monoisotopic (exact) mass is 380 g/mol. The zero-order valence-electron chi connectivity index (χ0n) is 16.4. The molecule has 0 unspecified atom stereocenters. The summed E-state index contributed by atoms with van der Waals surface area (Å²) in [4.78, 5) is 14.4.